The summed E-state index contributed by atoms with van der Waals surface area (Å²) in [7, 11) is 0. The molecule has 0 bridgehead atoms. The number of anilines is 1. The number of hydrogen-bond acceptors (Lipinski definition) is 3. The first-order valence-electron chi connectivity index (χ1n) is 12.1. The van der Waals surface area contributed by atoms with Crippen LogP contribution in [0, 0.1) is 5.82 Å². The second kappa shape index (κ2) is 9.39. The zero-order valence-corrected chi connectivity index (χ0v) is 19.9. The maximum Gasteiger partial charge on any atom is 0.258 e. The monoisotopic (exact) mass is 490 g/mol. The van der Waals surface area contributed by atoms with Crippen molar-refractivity contribution in [2.45, 2.75) is 13.0 Å². The summed E-state index contributed by atoms with van der Waals surface area (Å²) in [6.07, 6.45) is 0.623. The van der Waals surface area contributed by atoms with Gasteiger partial charge in [0.05, 0.1) is 5.56 Å². The van der Waals surface area contributed by atoms with Gasteiger partial charge in [0, 0.05) is 41.9 Å². The molecule has 0 saturated carbocycles. The van der Waals surface area contributed by atoms with Crippen molar-refractivity contribution in [2.75, 3.05) is 11.9 Å². The van der Waals surface area contributed by atoms with Crippen LogP contribution in [0.2, 0.25) is 0 Å². The summed E-state index contributed by atoms with van der Waals surface area (Å²) >= 11 is 0. The molecule has 182 valence electrons. The van der Waals surface area contributed by atoms with Crippen molar-refractivity contribution in [2.24, 2.45) is 0 Å². The summed E-state index contributed by atoms with van der Waals surface area (Å²) in [5.74, 6) is 0.428. The molecule has 1 aliphatic heterocycles. The highest BCUT2D eigenvalue weighted by Gasteiger charge is 2.25. The highest BCUT2D eigenvalue weighted by Crippen LogP contribution is 2.31. The summed E-state index contributed by atoms with van der Waals surface area (Å²) in [6.45, 7) is 1.04. The highest BCUT2D eigenvalue weighted by atomic mass is 19.1. The molecule has 6 rings (SSSR count). The summed E-state index contributed by atoms with van der Waals surface area (Å²) in [5, 5.41) is 4.89. The van der Waals surface area contributed by atoms with E-state index in [4.69, 9.17) is 4.42 Å². The van der Waals surface area contributed by atoms with Crippen molar-refractivity contribution in [3.63, 3.8) is 0 Å². The van der Waals surface area contributed by atoms with E-state index < -0.39 is 11.7 Å². The van der Waals surface area contributed by atoms with Crippen LogP contribution >= 0.6 is 0 Å². The lowest BCUT2D eigenvalue weighted by atomic mass is 10.0. The lowest BCUT2D eigenvalue weighted by Gasteiger charge is -2.26. The Bertz CT molecular complexity index is 1660. The van der Waals surface area contributed by atoms with Crippen molar-refractivity contribution in [1.82, 2.24) is 4.90 Å². The molecule has 1 aromatic heterocycles. The largest absolute Gasteiger partial charge is 0.461 e. The Hall–Kier alpha value is -4.71. The van der Waals surface area contributed by atoms with Gasteiger partial charge in [-0.05, 0) is 53.2 Å². The average molecular weight is 491 g/mol. The number of furan rings is 1. The second-order valence-corrected chi connectivity index (χ2v) is 9.11. The first-order chi connectivity index (χ1) is 18.0. The number of carbonyl (C=O) groups is 2. The van der Waals surface area contributed by atoms with Gasteiger partial charge >= 0.3 is 0 Å². The van der Waals surface area contributed by atoms with Gasteiger partial charge in [0.2, 0.25) is 0 Å². The van der Waals surface area contributed by atoms with Gasteiger partial charge in [0.1, 0.15) is 17.3 Å². The Morgan fingerprint density at radius 2 is 1.65 bits per heavy atom. The third-order valence-corrected chi connectivity index (χ3v) is 6.67. The van der Waals surface area contributed by atoms with E-state index in [-0.39, 0.29) is 11.5 Å². The number of nitrogens with one attached hydrogen (secondary N) is 1. The number of rotatable bonds is 4. The molecule has 1 aliphatic rings. The summed E-state index contributed by atoms with van der Waals surface area (Å²) in [4.78, 5) is 27.6. The van der Waals surface area contributed by atoms with Gasteiger partial charge < -0.3 is 14.6 Å². The van der Waals surface area contributed by atoms with E-state index >= 15 is 0 Å². The van der Waals surface area contributed by atoms with Crippen LogP contribution in [-0.4, -0.2) is 23.3 Å². The number of benzene rings is 4. The standard InChI is InChI=1S/C31H23FN2O3/c32-27-11-4-3-10-26(27)30(35)33-25-9-5-8-22(17-25)29-18-24-19-34(15-14-28(24)37-29)31(36)23-13-12-20-6-1-2-7-21(20)16-23/h1-13,16-18H,14-15,19H2,(H,33,35). The molecule has 0 radical (unpaired) electrons. The zero-order chi connectivity index (χ0) is 25.4. The third kappa shape index (κ3) is 4.49. The van der Waals surface area contributed by atoms with E-state index in [1.807, 2.05) is 65.6 Å². The maximum absolute atomic E-state index is 14.0. The third-order valence-electron chi connectivity index (χ3n) is 6.67. The molecule has 2 heterocycles. The van der Waals surface area contributed by atoms with E-state index in [1.54, 1.807) is 24.3 Å². The molecule has 0 spiro atoms. The molecule has 0 unspecified atom stereocenters. The number of halogens is 1. The van der Waals surface area contributed by atoms with Crippen LogP contribution in [0.3, 0.4) is 0 Å². The average Bonchev–Trinajstić information content (AvgIpc) is 3.36. The number of carbonyl (C=O) groups excluding carboxylic acids is 2. The zero-order valence-electron chi connectivity index (χ0n) is 19.9. The fourth-order valence-electron chi connectivity index (χ4n) is 4.75. The fourth-order valence-corrected chi connectivity index (χ4v) is 4.75. The normalized spacial score (nSPS) is 12.8. The summed E-state index contributed by atoms with van der Waals surface area (Å²) in [5.41, 5.74) is 2.94. The van der Waals surface area contributed by atoms with Gasteiger partial charge in [-0.15, -0.1) is 0 Å². The number of fused-ring (bicyclic) bond motifs is 2. The van der Waals surface area contributed by atoms with Gasteiger partial charge in [-0.1, -0.05) is 54.6 Å². The molecule has 0 aliphatic carbocycles. The molecule has 5 aromatic rings. The number of hydrogen-bond donors (Lipinski definition) is 1. The Balaban J connectivity index is 1.20. The van der Waals surface area contributed by atoms with E-state index in [1.165, 1.54) is 12.1 Å². The first-order valence-corrected chi connectivity index (χ1v) is 12.1. The van der Waals surface area contributed by atoms with E-state index in [9.17, 15) is 14.0 Å². The van der Waals surface area contributed by atoms with Crippen LogP contribution in [0.4, 0.5) is 10.1 Å². The lowest BCUT2D eigenvalue weighted by Crippen LogP contribution is -2.35. The summed E-state index contributed by atoms with van der Waals surface area (Å²) < 4.78 is 20.1. The van der Waals surface area contributed by atoms with Crippen molar-refractivity contribution in [1.29, 1.82) is 0 Å². The van der Waals surface area contributed by atoms with Gasteiger partial charge in [-0.2, -0.15) is 0 Å². The predicted molar refractivity (Wildman–Crippen MR) is 141 cm³/mol. The summed E-state index contributed by atoms with van der Waals surface area (Å²) in [6, 6.07) is 28.8. The molecule has 0 fully saturated rings. The van der Waals surface area contributed by atoms with Gasteiger partial charge in [-0.25, -0.2) is 4.39 Å². The molecule has 0 saturated heterocycles. The fraction of sp³-hybridized carbons (Fsp3) is 0.0968. The molecule has 0 atom stereocenters. The Morgan fingerprint density at radius 3 is 2.51 bits per heavy atom. The van der Waals surface area contributed by atoms with Crippen molar-refractivity contribution < 1.29 is 18.4 Å². The molecule has 1 N–H and O–H groups in total. The van der Waals surface area contributed by atoms with Crippen molar-refractivity contribution >= 4 is 28.3 Å². The van der Waals surface area contributed by atoms with Crippen LogP contribution in [0.5, 0.6) is 0 Å². The van der Waals surface area contributed by atoms with Crippen molar-refractivity contribution in [3.05, 3.63) is 125 Å². The van der Waals surface area contributed by atoms with Gasteiger partial charge in [0.15, 0.2) is 0 Å². The van der Waals surface area contributed by atoms with Crippen LogP contribution in [0.1, 0.15) is 32.0 Å². The Kier molecular flexibility index (Phi) is 5.77. The van der Waals surface area contributed by atoms with Crippen LogP contribution in [-0.2, 0) is 13.0 Å². The molecule has 6 heteroatoms. The second-order valence-electron chi connectivity index (χ2n) is 9.11. The van der Waals surface area contributed by atoms with E-state index in [0.717, 1.165) is 27.7 Å². The molecule has 5 nitrogen and oxygen atoms in total. The van der Waals surface area contributed by atoms with Crippen LogP contribution in [0.25, 0.3) is 22.1 Å². The van der Waals surface area contributed by atoms with Gasteiger partial charge in [-0.3, -0.25) is 9.59 Å². The molecule has 4 aromatic carbocycles. The minimum Gasteiger partial charge on any atom is -0.461 e. The molecule has 2 amide bonds. The SMILES string of the molecule is O=C(Nc1cccc(-c2cc3c(o2)CCN(C(=O)c2ccc4ccccc4c2)C3)c1)c1ccccc1F. The molecule has 37 heavy (non-hydrogen) atoms. The topological polar surface area (TPSA) is 62.6 Å². The molecular formula is C31H23FN2O3. The highest BCUT2D eigenvalue weighted by molar-refractivity contribution is 6.04. The van der Waals surface area contributed by atoms with Crippen LogP contribution < -0.4 is 5.32 Å². The van der Waals surface area contributed by atoms with E-state index in [2.05, 4.69) is 5.32 Å². The van der Waals surface area contributed by atoms with E-state index in [0.29, 0.717) is 36.5 Å². The van der Waals surface area contributed by atoms with Gasteiger partial charge in [0.25, 0.3) is 11.8 Å². The quantitative estimate of drug-likeness (QED) is 0.305. The maximum atomic E-state index is 14.0. The molecular weight excluding hydrogens is 467 g/mol. The van der Waals surface area contributed by atoms with Crippen molar-refractivity contribution in [3.8, 4) is 11.3 Å². The Labute approximate surface area is 213 Å². The minimum absolute atomic E-state index is 0.00277. The Morgan fingerprint density at radius 1 is 0.838 bits per heavy atom. The predicted octanol–water partition coefficient (Wildman–Crippen LogP) is 6.69. The number of nitrogens with zero attached hydrogens (tertiary/aromatic N) is 1. The lowest BCUT2D eigenvalue weighted by molar-refractivity contribution is 0.0730. The smallest absolute Gasteiger partial charge is 0.258 e. The van der Waals surface area contributed by atoms with Crippen LogP contribution in [0.15, 0.2) is 101 Å². The minimum atomic E-state index is -0.572. The first kappa shape index (κ1) is 22.7. The number of amides is 2.